The number of halogens is 3. The molecule has 0 bridgehead atoms. The van der Waals surface area contributed by atoms with Gasteiger partial charge in [0.25, 0.3) is 0 Å². The van der Waals surface area contributed by atoms with E-state index in [1.807, 2.05) is 6.92 Å². The van der Waals surface area contributed by atoms with Crippen LogP contribution in [0.2, 0.25) is 0 Å². The van der Waals surface area contributed by atoms with E-state index >= 15 is 0 Å². The second kappa shape index (κ2) is 5.70. The average Bonchev–Trinajstić information content (AvgIpc) is 2.28. The molecule has 0 fully saturated rings. The standard InChI is InChI=1S/C12H13F3O2/c1-2-3-7-17-11(16)9-5-4-6-10(8-9)12(13,14)15/h4-6,8H,2-3,7H2,1H3. The third-order valence-corrected chi connectivity index (χ3v) is 2.16. The van der Waals surface area contributed by atoms with Gasteiger partial charge in [-0.15, -0.1) is 0 Å². The molecule has 17 heavy (non-hydrogen) atoms. The van der Waals surface area contributed by atoms with Gasteiger partial charge in [0.1, 0.15) is 0 Å². The van der Waals surface area contributed by atoms with Crippen LogP contribution in [-0.2, 0) is 10.9 Å². The lowest BCUT2D eigenvalue weighted by Crippen LogP contribution is -2.10. The molecule has 1 aromatic carbocycles. The first-order valence-corrected chi connectivity index (χ1v) is 5.29. The van der Waals surface area contributed by atoms with Gasteiger partial charge in [-0.25, -0.2) is 4.79 Å². The first-order valence-electron chi connectivity index (χ1n) is 5.29. The molecule has 0 aromatic heterocycles. The van der Waals surface area contributed by atoms with Gasteiger partial charge in [0, 0.05) is 0 Å². The Bertz CT molecular complexity index is 386. The molecule has 0 saturated heterocycles. The summed E-state index contributed by atoms with van der Waals surface area (Å²) in [5.74, 6) is -0.718. The number of hydrogen-bond acceptors (Lipinski definition) is 2. The minimum Gasteiger partial charge on any atom is -0.462 e. The summed E-state index contributed by atoms with van der Waals surface area (Å²) in [6, 6.07) is 4.22. The lowest BCUT2D eigenvalue weighted by Gasteiger charge is -2.08. The van der Waals surface area contributed by atoms with Crippen LogP contribution in [0.5, 0.6) is 0 Å². The van der Waals surface area contributed by atoms with Crippen molar-refractivity contribution in [1.29, 1.82) is 0 Å². The predicted octanol–water partition coefficient (Wildman–Crippen LogP) is 3.66. The van der Waals surface area contributed by atoms with E-state index < -0.39 is 17.7 Å². The average molecular weight is 246 g/mol. The minimum absolute atomic E-state index is 0.0732. The molecule has 0 saturated carbocycles. The number of hydrogen-bond donors (Lipinski definition) is 0. The fraction of sp³-hybridized carbons (Fsp3) is 0.417. The summed E-state index contributed by atoms with van der Waals surface area (Å²) in [4.78, 5) is 11.4. The number of benzene rings is 1. The SMILES string of the molecule is CCCCOC(=O)c1cccc(C(F)(F)F)c1. The van der Waals surface area contributed by atoms with E-state index in [2.05, 4.69) is 0 Å². The molecule has 0 atom stereocenters. The first kappa shape index (κ1) is 13.5. The maximum absolute atomic E-state index is 12.4. The van der Waals surface area contributed by atoms with Crippen molar-refractivity contribution in [1.82, 2.24) is 0 Å². The van der Waals surface area contributed by atoms with Gasteiger partial charge in [0.15, 0.2) is 0 Å². The molecule has 0 radical (unpaired) electrons. The van der Waals surface area contributed by atoms with Crippen LogP contribution >= 0.6 is 0 Å². The van der Waals surface area contributed by atoms with Gasteiger partial charge in [0.2, 0.25) is 0 Å². The van der Waals surface area contributed by atoms with Crippen LogP contribution in [0.25, 0.3) is 0 Å². The number of esters is 1. The predicted molar refractivity (Wildman–Crippen MR) is 56.6 cm³/mol. The zero-order chi connectivity index (χ0) is 12.9. The minimum atomic E-state index is -4.44. The topological polar surface area (TPSA) is 26.3 Å². The van der Waals surface area contributed by atoms with E-state index in [0.29, 0.717) is 6.42 Å². The van der Waals surface area contributed by atoms with Crippen LogP contribution in [0.4, 0.5) is 13.2 Å². The molecule has 2 nitrogen and oxygen atoms in total. The van der Waals surface area contributed by atoms with Gasteiger partial charge in [-0.3, -0.25) is 0 Å². The molecule has 0 aliphatic rings. The number of carbonyl (C=O) groups is 1. The number of ether oxygens (including phenoxy) is 1. The summed E-state index contributed by atoms with van der Waals surface area (Å²) in [5, 5.41) is 0. The molecule has 0 heterocycles. The van der Waals surface area contributed by atoms with Gasteiger partial charge in [-0.2, -0.15) is 13.2 Å². The lowest BCUT2D eigenvalue weighted by atomic mass is 10.1. The number of alkyl halides is 3. The molecule has 1 aromatic rings. The molecule has 0 amide bonds. The summed E-state index contributed by atoms with van der Waals surface area (Å²) < 4.78 is 42.0. The maximum atomic E-state index is 12.4. The number of unbranched alkanes of at least 4 members (excludes halogenated alkanes) is 1. The number of carbonyl (C=O) groups excluding carboxylic acids is 1. The van der Waals surface area contributed by atoms with Gasteiger partial charge in [0.05, 0.1) is 17.7 Å². The van der Waals surface area contributed by atoms with Crippen molar-refractivity contribution < 1.29 is 22.7 Å². The van der Waals surface area contributed by atoms with Gasteiger partial charge in [-0.1, -0.05) is 19.4 Å². The van der Waals surface area contributed by atoms with E-state index in [4.69, 9.17) is 4.74 Å². The third-order valence-electron chi connectivity index (χ3n) is 2.16. The lowest BCUT2D eigenvalue weighted by molar-refractivity contribution is -0.137. The van der Waals surface area contributed by atoms with E-state index in [1.165, 1.54) is 12.1 Å². The van der Waals surface area contributed by atoms with Gasteiger partial charge >= 0.3 is 12.1 Å². The Labute approximate surface area is 97.4 Å². The van der Waals surface area contributed by atoms with Crippen molar-refractivity contribution in [2.75, 3.05) is 6.61 Å². The van der Waals surface area contributed by atoms with Crippen molar-refractivity contribution in [3.8, 4) is 0 Å². The summed E-state index contributed by atoms with van der Waals surface area (Å²) in [7, 11) is 0. The summed E-state index contributed by atoms with van der Waals surface area (Å²) in [5.41, 5.74) is -0.918. The Hall–Kier alpha value is -1.52. The van der Waals surface area contributed by atoms with E-state index in [-0.39, 0.29) is 12.2 Å². The summed E-state index contributed by atoms with van der Waals surface area (Å²) >= 11 is 0. The molecule has 1 rings (SSSR count). The first-order chi connectivity index (χ1) is 7.95. The highest BCUT2D eigenvalue weighted by atomic mass is 19.4. The van der Waals surface area contributed by atoms with Gasteiger partial charge < -0.3 is 4.74 Å². The fourth-order valence-corrected chi connectivity index (χ4v) is 1.22. The van der Waals surface area contributed by atoms with Crippen molar-refractivity contribution in [2.45, 2.75) is 25.9 Å². The normalized spacial score (nSPS) is 11.3. The fourth-order valence-electron chi connectivity index (χ4n) is 1.22. The Kier molecular flexibility index (Phi) is 4.54. The zero-order valence-electron chi connectivity index (χ0n) is 9.38. The molecule has 0 N–H and O–H groups in total. The van der Waals surface area contributed by atoms with Crippen LogP contribution in [0, 0.1) is 0 Å². The quantitative estimate of drug-likeness (QED) is 0.598. The zero-order valence-corrected chi connectivity index (χ0v) is 9.38. The molecule has 0 spiro atoms. The highest BCUT2D eigenvalue weighted by molar-refractivity contribution is 5.89. The van der Waals surface area contributed by atoms with E-state index in [1.54, 1.807) is 0 Å². The molecule has 0 aliphatic heterocycles. The van der Waals surface area contributed by atoms with E-state index in [9.17, 15) is 18.0 Å². The maximum Gasteiger partial charge on any atom is 0.416 e. The van der Waals surface area contributed by atoms with Crippen LogP contribution in [0.3, 0.4) is 0 Å². The van der Waals surface area contributed by atoms with Gasteiger partial charge in [-0.05, 0) is 24.6 Å². The van der Waals surface area contributed by atoms with Crippen LogP contribution in [0.15, 0.2) is 24.3 Å². The van der Waals surface area contributed by atoms with Crippen LogP contribution in [-0.4, -0.2) is 12.6 Å². The Balaban J connectivity index is 2.74. The summed E-state index contributed by atoms with van der Waals surface area (Å²) in [6.45, 7) is 2.16. The number of rotatable bonds is 4. The molecular weight excluding hydrogens is 233 g/mol. The largest absolute Gasteiger partial charge is 0.462 e. The molecule has 0 unspecified atom stereocenters. The second-order valence-corrected chi connectivity index (χ2v) is 3.57. The molecule has 94 valence electrons. The van der Waals surface area contributed by atoms with Crippen molar-refractivity contribution in [3.05, 3.63) is 35.4 Å². The Morgan fingerprint density at radius 2 is 2.06 bits per heavy atom. The second-order valence-electron chi connectivity index (χ2n) is 3.57. The highest BCUT2D eigenvalue weighted by Gasteiger charge is 2.30. The van der Waals surface area contributed by atoms with Crippen molar-refractivity contribution in [2.24, 2.45) is 0 Å². The molecule has 0 aliphatic carbocycles. The Morgan fingerprint density at radius 1 is 1.35 bits per heavy atom. The third kappa shape index (κ3) is 4.09. The van der Waals surface area contributed by atoms with Crippen LogP contribution < -0.4 is 0 Å². The molecular formula is C12H13F3O2. The van der Waals surface area contributed by atoms with Crippen LogP contribution in [0.1, 0.15) is 35.7 Å². The monoisotopic (exact) mass is 246 g/mol. The van der Waals surface area contributed by atoms with E-state index in [0.717, 1.165) is 18.6 Å². The highest BCUT2D eigenvalue weighted by Crippen LogP contribution is 2.29. The van der Waals surface area contributed by atoms with Crippen molar-refractivity contribution in [3.63, 3.8) is 0 Å². The Morgan fingerprint density at radius 3 is 2.65 bits per heavy atom. The smallest absolute Gasteiger partial charge is 0.416 e. The van der Waals surface area contributed by atoms with Crippen molar-refractivity contribution >= 4 is 5.97 Å². The molecule has 5 heteroatoms. The summed E-state index contributed by atoms with van der Waals surface area (Å²) in [6.07, 6.45) is -2.89.